The summed E-state index contributed by atoms with van der Waals surface area (Å²) in [4.78, 5) is 4.57. The summed E-state index contributed by atoms with van der Waals surface area (Å²) < 4.78 is 5.48. The van der Waals surface area contributed by atoms with E-state index < -0.39 is 0 Å². The van der Waals surface area contributed by atoms with Gasteiger partial charge in [-0.15, -0.1) is 0 Å². The third kappa shape index (κ3) is 1.96. The first kappa shape index (κ1) is 12.2. The van der Waals surface area contributed by atoms with Crippen molar-refractivity contribution in [3.8, 4) is 0 Å². The molecule has 1 heterocycles. The quantitative estimate of drug-likeness (QED) is 0.875. The van der Waals surface area contributed by atoms with Crippen LogP contribution in [0, 0.1) is 17.3 Å². The Kier molecular flexibility index (Phi) is 2.73. The van der Waals surface area contributed by atoms with Crippen molar-refractivity contribution in [2.45, 2.75) is 58.4 Å². The molecule has 2 N–H and O–H groups in total. The highest BCUT2D eigenvalue weighted by atomic mass is 16.5. The highest BCUT2D eigenvalue weighted by Crippen LogP contribution is 2.52. The summed E-state index contributed by atoms with van der Waals surface area (Å²) >= 11 is 0. The van der Waals surface area contributed by atoms with E-state index in [-0.39, 0.29) is 11.5 Å². The summed E-state index contributed by atoms with van der Waals surface area (Å²) in [6, 6.07) is -0.159. The first-order chi connectivity index (χ1) is 8.45. The molecule has 2 aliphatic rings. The number of hydrogen-bond donors (Lipinski definition) is 1. The van der Waals surface area contributed by atoms with E-state index in [1.807, 2.05) is 0 Å². The Morgan fingerprint density at radius 2 is 2.06 bits per heavy atom. The molecule has 0 radical (unpaired) electrons. The second kappa shape index (κ2) is 4.05. The standard InChI is InChI=1S/C14H23N3O/c1-14(2,3)11(15)12-16-13(18-17-12)10-7-8-4-5-9(10)6-8/h8-11H,4-7,15H2,1-3H3. The fourth-order valence-electron chi connectivity index (χ4n) is 3.46. The van der Waals surface area contributed by atoms with Crippen LogP contribution in [0.5, 0.6) is 0 Å². The minimum atomic E-state index is -0.159. The molecule has 0 aromatic carbocycles. The number of rotatable bonds is 2. The van der Waals surface area contributed by atoms with Gasteiger partial charge in [-0.25, -0.2) is 0 Å². The third-order valence-electron chi connectivity index (χ3n) is 4.72. The zero-order chi connectivity index (χ0) is 12.9. The molecule has 4 heteroatoms. The Morgan fingerprint density at radius 1 is 1.28 bits per heavy atom. The molecule has 0 amide bonds. The summed E-state index contributed by atoms with van der Waals surface area (Å²) in [6.07, 6.45) is 5.31. The number of aromatic nitrogens is 2. The molecule has 4 unspecified atom stereocenters. The number of fused-ring (bicyclic) bond motifs is 2. The molecular weight excluding hydrogens is 226 g/mol. The van der Waals surface area contributed by atoms with Gasteiger partial charge in [-0.2, -0.15) is 4.98 Å². The van der Waals surface area contributed by atoms with Crippen LogP contribution >= 0.6 is 0 Å². The Bertz CT molecular complexity index is 434. The Hall–Kier alpha value is -0.900. The van der Waals surface area contributed by atoms with Gasteiger partial charge in [-0.3, -0.25) is 0 Å². The van der Waals surface area contributed by atoms with Crippen LogP contribution in [-0.2, 0) is 0 Å². The van der Waals surface area contributed by atoms with E-state index in [0.717, 1.165) is 17.7 Å². The third-order valence-corrected chi connectivity index (χ3v) is 4.72. The van der Waals surface area contributed by atoms with Crippen molar-refractivity contribution in [2.24, 2.45) is 23.0 Å². The lowest BCUT2D eigenvalue weighted by atomic mass is 9.87. The Morgan fingerprint density at radius 3 is 2.61 bits per heavy atom. The monoisotopic (exact) mass is 249 g/mol. The van der Waals surface area contributed by atoms with Crippen LogP contribution in [0.3, 0.4) is 0 Å². The Balaban J connectivity index is 1.78. The zero-order valence-electron chi connectivity index (χ0n) is 11.5. The van der Waals surface area contributed by atoms with E-state index in [9.17, 15) is 0 Å². The molecule has 2 fully saturated rings. The first-order valence-electron chi connectivity index (χ1n) is 7.04. The number of nitrogens with zero attached hydrogens (tertiary/aromatic N) is 2. The largest absolute Gasteiger partial charge is 0.339 e. The summed E-state index contributed by atoms with van der Waals surface area (Å²) in [5.74, 6) is 3.66. The van der Waals surface area contributed by atoms with E-state index in [1.54, 1.807) is 0 Å². The highest BCUT2D eigenvalue weighted by Gasteiger charge is 2.43. The van der Waals surface area contributed by atoms with Crippen molar-refractivity contribution in [1.29, 1.82) is 0 Å². The normalized spacial score (nSPS) is 33.0. The molecule has 18 heavy (non-hydrogen) atoms. The molecule has 1 aromatic heterocycles. The van der Waals surface area contributed by atoms with Gasteiger partial charge in [0.05, 0.1) is 6.04 Å². The maximum atomic E-state index is 6.17. The van der Waals surface area contributed by atoms with Gasteiger partial charge in [-0.05, 0) is 36.5 Å². The van der Waals surface area contributed by atoms with Crippen molar-refractivity contribution in [2.75, 3.05) is 0 Å². The topological polar surface area (TPSA) is 64.9 Å². The van der Waals surface area contributed by atoms with Gasteiger partial charge >= 0.3 is 0 Å². The van der Waals surface area contributed by atoms with Crippen molar-refractivity contribution in [1.82, 2.24) is 10.1 Å². The van der Waals surface area contributed by atoms with Gasteiger partial charge in [-0.1, -0.05) is 32.3 Å². The first-order valence-corrected chi connectivity index (χ1v) is 7.04. The smallest absolute Gasteiger partial charge is 0.230 e. The molecule has 0 spiro atoms. The van der Waals surface area contributed by atoms with Crippen LogP contribution in [0.4, 0.5) is 0 Å². The van der Waals surface area contributed by atoms with Crippen molar-refractivity contribution in [3.05, 3.63) is 11.7 Å². The minimum absolute atomic E-state index is 0.0319. The van der Waals surface area contributed by atoms with Crippen molar-refractivity contribution in [3.63, 3.8) is 0 Å². The van der Waals surface area contributed by atoms with Gasteiger partial charge in [0.1, 0.15) is 0 Å². The average Bonchev–Trinajstić information content (AvgIpc) is 3.02. The van der Waals surface area contributed by atoms with Gasteiger partial charge < -0.3 is 10.3 Å². The van der Waals surface area contributed by atoms with Crippen LogP contribution in [0.1, 0.15) is 70.1 Å². The highest BCUT2D eigenvalue weighted by molar-refractivity contribution is 5.07. The van der Waals surface area contributed by atoms with E-state index in [2.05, 4.69) is 30.9 Å². The van der Waals surface area contributed by atoms with Crippen LogP contribution in [0.2, 0.25) is 0 Å². The molecule has 100 valence electrons. The van der Waals surface area contributed by atoms with Gasteiger partial charge in [0, 0.05) is 5.92 Å². The molecular formula is C14H23N3O. The Labute approximate surface area is 108 Å². The van der Waals surface area contributed by atoms with Crippen molar-refractivity contribution >= 4 is 0 Å². The van der Waals surface area contributed by atoms with E-state index >= 15 is 0 Å². The lowest BCUT2D eigenvalue weighted by Gasteiger charge is -2.23. The predicted octanol–water partition coefficient (Wildman–Crippen LogP) is 3.02. The fraction of sp³-hybridized carbons (Fsp3) is 0.857. The predicted molar refractivity (Wildman–Crippen MR) is 68.9 cm³/mol. The molecule has 0 saturated heterocycles. The van der Waals surface area contributed by atoms with Crippen LogP contribution in [0.15, 0.2) is 4.52 Å². The molecule has 4 atom stereocenters. The van der Waals surface area contributed by atoms with E-state index in [4.69, 9.17) is 10.3 Å². The van der Waals surface area contributed by atoms with Crippen LogP contribution in [0.25, 0.3) is 0 Å². The summed E-state index contributed by atoms with van der Waals surface area (Å²) in [5, 5.41) is 4.10. The second-order valence-electron chi connectivity index (χ2n) is 7.12. The fourth-order valence-corrected chi connectivity index (χ4v) is 3.46. The summed E-state index contributed by atoms with van der Waals surface area (Å²) in [5.41, 5.74) is 6.14. The zero-order valence-corrected chi connectivity index (χ0v) is 11.5. The molecule has 3 rings (SSSR count). The molecule has 2 aliphatic carbocycles. The van der Waals surface area contributed by atoms with Gasteiger partial charge in [0.2, 0.25) is 5.89 Å². The minimum Gasteiger partial charge on any atom is -0.339 e. The molecule has 2 saturated carbocycles. The number of hydrogen-bond acceptors (Lipinski definition) is 4. The van der Waals surface area contributed by atoms with Crippen molar-refractivity contribution < 1.29 is 4.52 Å². The molecule has 0 aliphatic heterocycles. The van der Waals surface area contributed by atoms with E-state index in [1.165, 1.54) is 25.7 Å². The molecule has 2 bridgehead atoms. The molecule has 1 aromatic rings. The van der Waals surface area contributed by atoms with Crippen LogP contribution in [-0.4, -0.2) is 10.1 Å². The average molecular weight is 249 g/mol. The molecule has 4 nitrogen and oxygen atoms in total. The lowest BCUT2D eigenvalue weighted by Crippen LogP contribution is -2.27. The number of nitrogens with two attached hydrogens (primary N) is 1. The SMILES string of the molecule is CC(C)(C)C(N)c1noc(C2CC3CCC2C3)n1. The van der Waals surface area contributed by atoms with Gasteiger partial charge in [0.25, 0.3) is 0 Å². The summed E-state index contributed by atoms with van der Waals surface area (Å²) in [6.45, 7) is 6.31. The van der Waals surface area contributed by atoms with Crippen LogP contribution < -0.4 is 5.73 Å². The maximum Gasteiger partial charge on any atom is 0.230 e. The van der Waals surface area contributed by atoms with Gasteiger partial charge in [0.15, 0.2) is 5.82 Å². The maximum absolute atomic E-state index is 6.17. The van der Waals surface area contributed by atoms with E-state index in [0.29, 0.717) is 11.7 Å². The second-order valence-corrected chi connectivity index (χ2v) is 7.12. The summed E-state index contributed by atoms with van der Waals surface area (Å²) in [7, 11) is 0. The lowest BCUT2D eigenvalue weighted by molar-refractivity contribution is 0.285.